The third kappa shape index (κ3) is 5.19. The van der Waals surface area contributed by atoms with Gasteiger partial charge in [-0.2, -0.15) is 8.42 Å². The molecule has 0 N–H and O–H groups in total. The molecule has 0 atom stereocenters. The lowest BCUT2D eigenvalue weighted by Crippen LogP contribution is -2.30. The highest BCUT2D eigenvalue weighted by molar-refractivity contribution is 7.86. The van der Waals surface area contributed by atoms with Crippen molar-refractivity contribution in [3.05, 3.63) is 29.8 Å². The van der Waals surface area contributed by atoms with Gasteiger partial charge < -0.3 is 4.74 Å². The van der Waals surface area contributed by atoms with E-state index in [0.717, 1.165) is 17.6 Å². The summed E-state index contributed by atoms with van der Waals surface area (Å²) in [7, 11) is -1.84. The van der Waals surface area contributed by atoms with Crippen LogP contribution < -0.4 is 4.74 Å². The van der Waals surface area contributed by atoms with Gasteiger partial charge in [0.2, 0.25) is 0 Å². The fraction of sp³-hybridized carbons (Fsp3) is 0.500. The van der Waals surface area contributed by atoms with Crippen molar-refractivity contribution in [2.45, 2.75) is 25.9 Å². The van der Waals surface area contributed by atoms with Crippen molar-refractivity contribution in [2.75, 3.05) is 13.4 Å². The van der Waals surface area contributed by atoms with Gasteiger partial charge in [-0.3, -0.25) is 4.18 Å². The molecule has 0 aromatic heterocycles. The summed E-state index contributed by atoms with van der Waals surface area (Å²) in [4.78, 5) is 0. The van der Waals surface area contributed by atoms with Gasteiger partial charge in [-0.1, -0.05) is 12.1 Å². The molecule has 96 valence electrons. The predicted octanol–water partition coefficient (Wildman–Crippen LogP) is 1.99. The number of rotatable bonds is 5. The standard InChI is InChI=1S/C12H18O4S/c1-12(2,16-17(4,13)14)9-10-5-7-11(15-3)8-6-10/h5-8H,9H2,1-4H3. The van der Waals surface area contributed by atoms with Crippen LogP contribution in [0, 0.1) is 0 Å². The first-order valence-corrected chi connectivity index (χ1v) is 7.07. The van der Waals surface area contributed by atoms with E-state index in [4.69, 9.17) is 8.92 Å². The van der Waals surface area contributed by atoms with E-state index in [1.54, 1.807) is 21.0 Å². The summed E-state index contributed by atoms with van der Waals surface area (Å²) in [5.41, 5.74) is 0.252. The fourth-order valence-electron chi connectivity index (χ4n) is 1.67. The number of hydrogen-bond acceptors (Lipinski definition) is 4. The Hall–Kier alpha value is -1.07. The summed E-state index contributed by atoms with van der Waals surface area (Å²) in [6.07, 6.45) is 1.58. The molecule has 0 amide bonds. The van der Waals surface area contributed by atoms with Gasteiger partial charge in [0.25, 0.3) is 10.1 Å². The van der Waals surface area contributed by atoms with Crippen LogP contribution >= 0.6 is 0 Å². The van der Waals surface area contributed by atoms with E-state index in [-0.39, 0.29) is 0 Å². The summed E-state index contributed by atoms with van der Waals surface area (Å²) in [5.74, 6) is 0.774. The SMILES string of the molecule is COc1ccc(CC(C)(C)OS(C)(=O)=O)cc1. The average Bonchev–Trinajstić information content (AvgIpc) is 2.14. The maximum atomic E-state index is 11.1. The minimum Gasteiger partial charge on any atom is -0.497 e. The van der Waals surface area contributed by atoms with E-state index in [2.05, 4.69) is 0 Å². The molecule has 0 radical (unpaired) electrons. The number of hydrogen-bond donors (Lipinski definition) is 0. The molecule has 4 nitrogen and oxygen atoms in total. The van der Waals surface area contributed by atoms with E-state index >= 15 is 0 Å². The van der Waals surface area contributed by atoms with Gasteiger partial charge in [0.15, 0.2) is 0 Å². The second-order valence-electron chi connectivity index (χ2n) is 4.57. The van der Waals surface area contributed by atoms with Crippen molar-refractivity contribution in [1.82, 2.24) is 0 Å². The molecule has 0 unspecified atom stereocenters. The number of methoxy groups -OCH3 is 1. The van der Waals surface area contributed by atoms with Crippen LogP contribution in [0.5, 0.6) is 5.75 Å². The molecule has 0 bridgehead atoms. The maximum Gasteiger partial charge on any atom is 0.264 e. The number of ether oxygens (including phenoxy) is 1. The molecule has 0 saturated heterocycles. The van der Waals surface area contributed by atoms with Gasteiger partial charge in [0, 0.05) is 6.42 Å². The third-order valence-electron chi connectivity index (χ3n) is 2.17. The lowest BCUT2D eigenvalue weighted by Gasteiger charge is -2.23. The molecule has 0 heterocycles. The first-order valence-electron chi connectivity index (χ1n) is 5.25. The Labute approximate surface area is 103 Å². The normalized spacial score (nSPS) is 12.5. The minimum atomic E-state index is -3.44. The minimum absolute atomic E-state index is 0.518. The van der Waals surface area contributed by atoms with Gasteiger partial charge in [-0.05, 0) is 31.5 Å². The van der Waals surface area contributed by atoms with E-state index in [0.29, 0.717) is 6.42 Å². The smallest absolute Gasteiger partial charge is 0.264 e. The monoisotopic (exact) mass is 258 g/mol. The first-order chi connectivity index (χ1) is 7.72. The van der Waals surface area contributed by atoms with Crippen LogP contribution in [0.4, 0.5) is 0 Å². The second kappa shape index (κ2) is 5.06. The molecule has 0 fully saturated rings. The summed E-state index contributed by atoms with van der Waals surface area (Å²) in [5, 5.41) is 0. The van der Waals surface area contributed by atoms with Crippen molar-refractivity contribution in [3.8, 4) is 5.75 Å². The van der Waals surface area contributed by atoms with Crippen LogP contribution in [0.15, 0.2) is 24.3 Å². The van der Waals surface area contributed by atoms with Crippen molar-refractivity contribution in [1.29, 1.82) is 0 Å². The Kier molecular flexibility index (Phi) is 4.16. The van der Waals surface area contributed by atoms with Crippen LogP contribution in [0.25, 0.3) is 0 Å². The van der Waals surface area contributed by atoms with Crippen LogP contribution in [0.3, 0.4) is 0 Å². The van der Waals surface area contributed by atoms with Crippen molar-refractivity contribution in [2.24, 2.45) is 0 Å². The van der Waals surface area contributed by atoms with E-state index in [9.17, 15) is 8.42 Å². The third-order valence-corrected chi connectivity index (χ3v) is 2.92. The highest BCUT2D eigenvalue weighted by Crippen LogP contribution is 2.20. The molecule has 17 heavy (non-hydrogen) atoms. The molecule has 0 aliphatic heterocycles. The Bertz CT molecular complexity index is 460. The molecule has 1 rings (SSSR count). The molecular weight excluding hydrogens is 240 g/mol. The Morgan fingerprint density at radius 2 is 1.71 bits per heavy atom. The summed E-state index contributed by atoms with van der Waals surface area (Å²) >= 11 is 0. The van der Waals surface area contributed by atoms with Crippen LogP contribution in [-0.4, -0.2) is 27.4 Å². The zero-order valence-electron chi connectivity index (χ0n) is 10.6. The second-order valence-corrected chi connectivity index (χ2v) is 6.15. The molecule has 0 aliphatic carbocycles. The molecule has 0 saturated carbocycles. The van der Waals surface area contributed by atoms with E-state index < -0.39 is 15.7 Å². The highest BCUT2D eigenvalue weighted by atomic mass is 32.2. The highest BCUT2D eigenvalue weighted by Gasteiger charge is 2.24. The van der Waals surface area contributed by atoms with Gasteiger partial charge in [0.1, 0.15) is 5.75 Å². The van der Waals surface area contributed by atoms with Crippen molar-refractivity contribution >= 4 is 10.1 Å². The Balaban J connectivity index is 2.75. The predicted molar refractivity (Wildman–Crippen MR) is 66.7 cm³/mol. The van der Waals surface area contributed by atoms with Gasteiger partial charge in [-0.15, -0.1) is 0 Å². The van der Waals surface area contributed by atoms with E-state index in [1.165, 1.54) is 0 Å². The van der Waals surface area contributed by atoms with Gasteiger partial charge >= 0.3 is 0 Å². The van der Waals surface area contributed by atoms with Crippen LogP contribution in [0.2, 0.25) is 0 Å². The zero-order valence-corrected chi connectivity index (χ0v) is 11.4. The van der Waals surface area contributed by atoms with Crippen LogP contribution in [0.1, 0.15) is 19.4 Å². The first kappa shape index (κ1) is 14.0. The summed E-state index contributed by atoms with van der Waals surface area (Å²) < 4.78 is 32.3. The van der Waals surface area contributed by atoms with Gasteiger partial charge in [-0.25, -0.2) is 0 Å². The van der Waals surface area contributed by atoms with Crippen molar-refractivity contribution in [3.63, 3.8) is 0 Å². The average molecular weight is 258 g/mol. The fourth-order valence-corrected chi connectivity index (χ4v) is 2.55. The van der Waals surface area contributed by atoms with E-state index in [1.807, 2.05) is 24.3 Å². The molecule has 1 aromatic rings. The van der Waals surface area contributed by atoms with Crippen molar-refractivity contribution < 1.29 is 17.3 Å². The summed E-state index contributed by atoms with van der Waals surface area (Å²) in [6, 6.07) is 7.47. The molecule has 5 heteroatoms. The topological polar surface area (TPSA) is 52.6 Å². The largest absolute Gasteiger partial charge is 0.497 e. The molecule has 0 aliphatic rings. The molecule has 1 aromatic carbocycles. The summed E-state index contributed by atoms with van der Waals surface area (Å²) in [6.45, 7) is 3.50. The Morgan fingerprint density at radius 1 is 1.18 bits per heavy atom. The van der Waals surface area contributed by atoms with Gasteiger partial charge in [0.05, 0.1) is 19.0 Å². The molecular formula is C12H18O4S. The number of benzene rings is 1. The Morgan fingerprint density at radius 3 is 2.12 bits per heavy atom. The molecule has 0 spiro atoms. The lowest BCUT2D eigenvalue weighted by atomic mass is 9.99. The quantitative estimate of drug-likeness (QED) is 0.758. The lowest BCUT2D eigenvalue weighted by molar-refractivity contribution is 0.120. The zero-order chi connectivity index (χ0) is 13.1. The maximum absolute atomic E-state index is 11.1. The van der Waals surface area contributed by atoms with Crippen LogP contribution in [-0.2, 0) is 20.7 Å².